The number of rotatable bonds is 9. The summed E-state index contributed by atoms with van der Waals surface area (Å²) in [5.41, 5.74) is -0.123. The number of piperazine rings is 1. The number of fused-ring (bicyclic) bond motifs is 2. The Bertz CT molecular complexity index is 1880. The van der Waals surface area contributed by atoms with Crippen LogP contribution in [0.4, 0.5) is 10.1 Å². The van der Waals surface area contributed by atoms with Gasteiger partial charge in [0.2, 0.25) is 5.91 Å². The van der Waals surface area contributed by atoms with Crippen LogP contribution in [-0.4, -0.2) is 88.0 Å². The fourth-order valence-corrected chi connectivity index (χ4v) is 8.45. The van der Waals surface area contributed by atoms with Crippen LogP contribution < -0.4 is 85.0 Å². The smallest absolute Gasteiger partial charge is 0.545 e. The van der Waals surface area contributed by atoms with Crippen LogP contribution in [0.25, 0.3) is 10.9 Å². The number of carbonyl (C=O) groups is 4. The van der Waals surface area contributed by atoms with E-state index in [9.17, 15) is 34.2 Å². The van der Waals surface area contributed by atoms with E-state index < -0.39 is 46.1 Å². The number of carboxylic acid groups (broad SMARTS) is 2. The first-order chi connectivity index (χ1) is 22.1. The number of amides is 2. The summed E-state index contributed by atoms with van der Waals surface area (Å²) in [5.74, 6) is -4.12. The Morgan fingerprint density at radius 3 is 2.38 bits per heavy atom. The fraction of sp³-hybridized carbons (Fsp3) is 0.387. The molecule has 0 radical (unpaired) electrons. The van der Waals surface area contributed by atoms with E-state index in [1.165, 1.54) is 34.2 Å². The molecule has 5 heterocycles. The number of hydrogen-bond acceptors (Lipinski definition) is 11. The van der Waals surface area contributed by atoms with Crippen molar-refractivity contribution >= 4 is 63.4 Å². The molecule has 0 unspecified atom stereocenters. The first-order valence-corrected chi connectivity index (χ1v) is 16.8. The van der Waals surface area contributed by atoms with Gasteiger partial charge in [-0.25, -0.2) is 4.39 Å². The van der Waals surface area contributed by atoms with Crippen LogP contribution in [0.5, 0.6) is 0 Å². The second-order valence-electron chi connectivity index (χ2n) is 11.8. The predicted octanol–water partition coefficient (Wildman–Crippen LogP) is -6.32. The zero-order valence-corrected chi connectivity index (χ0v) is 32.0. The molecule has 12 nitrogen and oxygen atoms in total. The minimum Gasteiger partial charge on any atom is -0.545 e. The van der Waals surface area contributed by atoms with Gasteiger partial charge in [-0.2, -0.15) is 0 Å². The van der Waals surface area contributed by atoms with Crippen LogP contribution in [-0.2, 0) is 20.8 Å². The van der Waals surface area contributed by atoms with Crippen LogP contribution in [0.2, 0.25) is 0 Å². The molecule has 3 aromatic rings. The third-order valence-electron chi connectivity index (χ3n) is 8.86. The molecule has 1 N–H and O–H groups in total. The predicted molar refractivity (Wildman–Crippen MR) is 164 cm³/mol. The number of nitrogens with zero attached hydrogens (tertiary/aromatic N) is 4. The molecule has 2 saturated heterocycles. The normalized spacial score (nSPS) is 20.8. The van der Waals surface area contributed by atoms with Gasteiger partial charge >= 0.3 is 59.1 Å². The molecule has 1 saturated carbocycles. The average molecular weight is 712 g/mol. The molecule has 240 valence electrons. The monoisotopic (exact) mass is 711 g/mol. The van der Waals surface area contributed by atoms with E-state index in [1.807, 2.05) is 27.3 Å². The number of pyridine rings is 1. The first-order valence-electron chi connectivity index (χ1n) is 14.9. The van der Waals surface area contributed by atoms with Crippen molar-refractivity contribution in [2.24, 2.45) is 0 Å². The quantitative estimate of drug-likeness (QED) is 0.167. The summed E-state index contributed by atoms with van der Waals surface area (Å²) in [7, 11) is 0. The molecule has 7 rings (SSSR count). The number of thiophene rings is 1. The number of hydrogen-bond donors (Lipinski definition) is 1. The Kier molecular flexibility index (Phi) is 11.5. The third kappa shape index (κ3) is 7.03. The Morgan fingerprint density at radius 1 is 1.02 bits per heavy atom. The van der Waals surface area contributed by atoms with Gasteiger partial charge < -0.3 is 34.6 Å². The van der Waals surface area contributed by atoms with E-state index in [0.29, 0.717) is 48.7 Å². The topological polar surface area (TPSA) is 158 Å². The molecule has 4 aliphatic rings. The summed E-state index contributed by atoms with van der Waals surface area (Å²) in [4.78, 5) is 68.0. The number of anilines is 1. The van der Waals surface area contributed by atoms with Crippen molar-refractivity contribution in [3.05, 3.63) is 73.6 Å². The number of β-lactam (4-membered cyclic amide) rings is 1. The van der Waals surface area contributed by atoms with Crippen molar-refractivity contribution in [2.45, 2.75) is 36.7 Å². The molecule has 2 aromatic heterocycles. The molecule has 3 fully saturated rings. The molecule has 1 aliphatic carbocycles. The van der Waals surface area contributed by atoms with Crippen molar-refractivity contribution in [2.75, 3.05) is 43.4 Å². The van der Waals surface area contributed by atoms with Crippen LogP contribution in [0.1, 0.15) is 34.1 Å². The number of halogens is 1. The zero-order valence-electron chi connectivity index (χ0n) is 26.4. The molecule has 2 amide bonds. The van der Waals surface area contributed by atoms with Gasteiger partial charge in [-0.1, -0.05) is 6.07 Å². The van der Waals surface area contributed by atoms with E-state index in [1.54, 1.807) is 10.6 Å². The van der Waals surface area contributed by atoms with E-state index in [2.05, 4.69) is 5.32 Å². The molecular weight excluding hydrogens is 683 g/mol. The van der Waals surface area contributed by atoms with Crippen LogP contribution in [0.15, 0.2) is 51.9 Å². The molecule has 1 aromatic carbocycles. The van der Waals surface area contributed by atoms with Crippen molar-refractivity contribution in [3.8, 4) is 0 Å². The Labute approximate surface area is 326 Å². The Hall–Kier alpha value is -2.21. The molecule has 0 spiro atoms. The van der Waals surface area contributed by atoms with Gasteiger partial charge in [0.25, 0.3) is 5.91 Å². The summed E-state index contributed by atoms with van der Waals surface area (Å²) in [6.07, 6.45) is 3.09. The summed E-state index contributed by atoms with van der Waals surface area (Å²) in [5, 5.41) is 27.9. The molecule has 48 heavy (non-hydrogen) atoms. The number of carboxylic acids is 2. The maximum atomic E-state index is 15.4. The minimum absolute atomic E-state index is 0. The summed E-state index contributed by atoms with van der Waals surface area (Å²) in [6.45, 7) is 2.06. The van der Waals surface area contributed by atoms with E-state index in [-0.39, 0.29) is 95.1 Å². The average Bonchev–Trinajstić information content (AvgIpc) is 3.75. The molecule has 2 atom stereocenters. The summed E-state index contributed by atoms with van der Waals surface area (Å²) < 4.78 is 17.1. The van der Waals surface area contributed by atoms with E-state index >= 15 is 4.39 Å². The molecule has 3 aliphatic heterocycles. The number of thioether (sulfide) groups is 1. The largest absolute Gasteiger partial charge is 1.00 e. The minimum atomic E-state index is -1.60. The number of aromatic carboxylic acids is 1. The van der Waals surface area contributed by atoms with Crippen molar-refractivity contribution in [3.63, 3.8) is 0 Å². The van der Waals surface area contributed by atoms with Crippen LogP contribution in [0.3, 0.4) is 0 Å². The first kappa shape index (κ1) is 37.1. The number of carbonyl (C=O) groups excluding carboxylic acids is 4. The zero-order chi connectivity index (χ0) is 32.3. The van der Waals surface area contributed by atoms with Gasteiger partial charge in [-0.15, -0.1) is 23.1 Å². The van der Waals surface area contributed by atoms with Gasteiger partial charge in [0.05, 0.1) is 40.8 Å². The number of aromatic nitrogens is 1. The third-order valence-corrected chi connectivity index (χ3v) is 11.1. The van der Waals surface area contributed by atoms with E-state index in [0.717, 1.165) is 23.8 Å². The number of benzene rings is 1. The standard InChI is InChI=1S/C31H30FN5O7S2.2Na/c32-21-11-19-22(36(17-3-4-17)14-20(27(19)39)30(41)42)12-23(21)35-7-5-34(6-8-35)13-16-15-46-29-25(28(40)37(29)26(16)31(43)44)33-24(38)10-18-2-1-9-45-18;;/h1-2,9,11-12,14,17,25,29H,3-8,10,13,15H2,(H,33,38)(H,41,42)(H,43,44);;/q;2*+1/p-2/t25-,29-;;/m1../s1. The van der Waals surface area contributed by atoms with Crippen molar-refractivity contribution < 1.29 is 92.9 Å². The van der Waals surface area contributed by atoms with Crippen molar-refractivity contribution in [1.29, 1.82) is 0 Å². The van der Waals surface area contributed by atoms with Gasteiger partial charge in [-0.05, 0) is 42.0 Å². The number of nitrogens with one attached hydrogen (secondary N) is 1. The van der Waals surface area contributed by atoms with Gasteiger partial charge in [0.1, 0.15) is 17.2 Å². The number of aliphatic carboxylic acids is 1. The molecule has 17 heteroatoms. The van der Waals surface area contributed by atoms with E-state index in [4.69, 9.17) is 0 Å². The van der Waals surface area contributed by atoms with Gasteiger partial charge in [0.15, 0.2) is 5.43 Å². The fourth-order valence-electron chi connectivity index (χ4n) is 6.41. The SMILES string of the molecule is O=C(Cc1cccs1)N[C@@H]1C(=O)N2C(C(=O)[O-])=C(CN3CCN(c4cc5c(cc4F)c(=O)c(C(=O)[O-])cn5C4CC4)CC3)CS[C@H]12.[Na+].[Na+]. The second kappa shape index (κ2) is 15.0. The Morgan fingerprint density at radius 2 is 1.75 bits per heavy atom. The van der Waals surface area contributed by atoms with Gasteiger partial charge in [-0.3, -0.25) is 24.2 Å². The molecular formula is C31H28FN5Na2O7S2. The summed E-state index contributed by atoms with van der Waals surface area (Å²) >= 11 is 2.84. The Balaban J connectivity index is 0.00000225. The summed E-state index contributed by atoms with van der Waals surface area (Å²) in [6, 6.07) is 5.59. The van der Waals surface area contributed by atoms with Crippen LogP contribution >= 0.6 is 23.1 Å². The van der Waals surface area contributed by atoms with Crippen LogP contribution in [0, 0.1) is 5.82 Å². The van der Waals surface area contributed by atoms with Gasteiger partial charge in [0, 0.05) is 61.0 Å². The maximum absolute atomic E-state index is 15.4. The van der Waals surface area contributed by atoms with Crippen molar-refractivity contribution in [1.82, 2.24) is 19.7 Å². The second-order valence-corrected chi connectivity index (χ2v) is 14.0. The maximum Gasteiger partial charge on any atom is 1.00 e. The molecule has 0 bridgehead atoms.